The summed E-state index contributed by atoms with van der Waals surface area (Å²) in [6, 6.07) is 3.97. The quantitative estimate of drug-likeness (QED) is 0.779. The molecular formula is C20H26O5. The molecule has 2 heterocycles. The Kier molecular flexibility index (Phi) is 3.96. The van der Waals surface area contributed by atoms with Crippen LogP contribution < -0.4 is 14.2 Å². The largest absolute Gasteiger partial charge is 0.493 e. The molecule has 1 aromatic carbocycles. The molecule has 1 aromatic rings. The molecule has 0 N–H and O–H groups in total. The zero-order chi connectivity index (χ0) is 17.8. The van der Waals surface area contributed by atoms with E-state index in [4.69, 9.17) is 23.7 Å². The molecule has 4 rings (SSSR count). The zero-order valence-corrected chi connectivity index (χ0v) is 15.5. The Hall–Kier alpha value is -1.72. The summed E-state index contributed by atoms with van der Waals surface area (Å²) in [5.74, 6) is 2.34. The van der Waals surface area contributed by atoms with Crippen molar-refractivity contribution in [3.63, 3.8) is 0 Å². The van der Waals surface area contributed by atoms with Crippen LogP contribution in [0.25, 0.3) is 0 Å². The predicted octanol–water partition coefficient (Wildman–Crippen LogP) is 3.67. The number of hydrogen-bond acceptors (Lipinski definition) is 5. The fourth-order valence-corrected chi connectivity index (χ4v) is 4.62. The summed E-state index contributed by atoms with van der Waals surface area (Å²) in [6.45, 7) is 4.37. The van der Waals surface area contributed by atoms with Gasteiger partial charge in [-0.05, 0) is 43.5 Å². The van der Waals surface area contributed by atoms with E-state index in [1.165, 1.54) is 5.57 Å². The van der Waals surface area contributed by atoms with E-state index in [9.17, 15) is 0 Å². The highest BCUT2D eigenvalue weighted by molar-refractivity contribution is 5.54. The van der Waals surface area contributed by atoms with Crippen LogP contribution in [0, 0.1) is 5.92 Å². The fraction of sp³-hybridized carbons (Fsp3) is 0.600. The lowest BCUT2D eigenvalue weighted by Crippen LogP contribution is -2.44. The fourth-order valence-electron chi connectivity index (χ4n) is 4.62. The molecule has 0 radical (unpaired) electrons. The lowest BCUT2D eigenvalue weighted by molar-refractivity contribution is -0.104. The monoisotopic (exact) mass is 346 g/mol. The Morgan fingerprint density at radius 2 is 1.76 bits per heavy atom. The summed E-state index contributed by atoms with van der Waals surface area (Å²) >= 11 is 0. The number of hydrogen-bond donors (Lipinski definition) is 0. The van der Waals surface area contributed by atoms with E-state index in [0.717, 1.165) is 18.4 Å². The van der Waals surface area contributed by atoms with Gasteiger partial charge in [0.25, 0.3) is 0 Å². The Balaban J connectivity index is 1.69. The SMILES string of the molecule is COc1cc([C@@H]2C[C@@]3(C)O[C@H]4C(C)=CC[C@@H]3[C@H]4O2)cc(OC)c1OC. The molecule has 1 aliphatic carbocycles. The Morgan fingerprint density at radius 3 is 2.36 bits per heavy atom. The average molecular weight is 346 g/mol. The van der Waals surface area contributed by atoms with Crippen molar-refractivity contribution >= 4 is 0 Å². The van der Waals surface area contributed by atoms with Gasteiger partial charge in [0.15, 0.2) is 11.5 Å². The number of allylic oxidation sites excluding steroid dienone is 1. The van der Waals surface area contributed by atoms with Gasteiger partial charge in [0.05, 0.1) is 39.1 Å². The molecule has 0 aromatic heterocycles. The smallest absolute Gasteiger partial charge is 0.203 e. The van der Waals surface area contributed by atoms with Gasteiger partial charge in [0.1, 0.15) is 6.10 Å². The van der Waals surface area contributed by atoms with Crippen LogP contribution in [-0.2, 0) is 9.47 Å². The molecule has 5 atom stereocenters. The van der Waals surface area contributed by atoms with Crippen molar-refractivity contribution in [2.45, 2.75) is 50.6 Å². The minimum Gasteiger partial charge on any atom is -0.493 e. The molecule has 2 saturated heterocycles. The van der Waals surface area contributed by atoms with Crippen molar-refractivity contribution in [3.05, 3.63) is 29.3 Å². The molecule has 3 aliphatic rings. The third-order valence-corrected chi connectivity index (χ3v) is 5.99. The third kappa shape index (κ3) is 2.44. The van der Waals surface area contributed by atoms with E-state index in [-0.39, 0.29) is 23.9 Å². The van der Waals surface area contributed by atoms with Crippen molar-refractivity contribution in [2.24, 2.45) is 5.92 Å². The number of rotatable bonds is 4. The molecule has 5 nitrogen and oxygen atoms in total. The first-order valence-electron chi connectivity index (χ1n) is 8.80. The second-order valence-corrected chi connectivity index (χ2v) is 7.39. The van der Waals surface area contributed by atoms with Crippen LogP contribution >= 0.6 is 0 Å². The van der Waals surface area contributed by atoms with Gasteiger partial charge in [-0.25, -0.2) is 0 Å². The van der Waals surface area contributed by atoms with E-state index >= 15 is 0 Å². The van der Waals surface area contributed by atoms with Gasteiger partial charge in [0, 0.05) is 12.3 Å². The minimum atomic E-state index is -0.160. The molecule has 25 heavy (non-hydrogen) atoms. The molecule has 5 heteroatoms. The van der Waals surface area contributed by atoms with Gasteiger partial charge in [-0.2, -0.15) is 0 Å². The number of benzene rings is 1. The second kappa shape index (κ2) is 5.92. The Morgan fingerprint density at radius 1 is 1.08 bits per heavy atom. The minimum absolute atomic E-state index is 0.0455. The maximum atomic E-state index is 6.52. The summed E-state index contributed by atoms with van der Waals surface area (Å²) < 4.78 is 29.4. The molecule has 4 bridgehead atoms. The van der Waals surface area contributed by atoms with E-state index in [2.05, 4.69) is 19.9 Å². The zero-order valence-electron chi connectivity index (χ0n) is 15.5. The van der Waals surface area contributed by atoms with Crippen LogP contribution in [0.15, 0.2) is 23.8 Å². The van der Waals surface area contributed by atoms with E-state index in [0.29, 0.717) is 23.2 Å². The lowest BCUT2D eigenvalue weighted by atomic mass is 9.74. The van der Waals surface area contributed by atoms with Gasteiger partial charge in [0.2, 0.25) is 5.75 Å². The van der Waals surface area contributed by atoms with Gasteiger partial charge in [-0.3, -0.25) is 0 Å². The molecule has 0 unspecified atom stereocenters. The summed E-state index contributed by atoms with van der Waals surface area (Å²) in [6.07, 6.45) is 4.32. The molecule has 0 spiro atoms. The van der Waals surface area contributed by atoms with Crippen LogP contribution in [0.5, 0.6) is 17.2 Å². The van der Waals surface area contributed by atoms with Crippen LogP contribution in [-0.4, -0.2) is 39.1 Å². The van der Waals surface area contributed by atoms with Crippen molar-refractivity contribution in [2.75, 3.05) is 21.3 Å². The first-order valence-corrected chi connectivity index (χ1v) is 8.80. The molecule has 136 valence electrons. The maximum Gasteiger partial charge on any atom is 0.203 e. The summed E-state index contributed by atoms with van der Waals surface area (Å²) in [7, 11) is 4.88. The van der Waals surface area contributed by atoms with Gasteiger partial charge in [-0.1, -0.05) is 6.08 Å². The first-order chi connectivity index (χ1) is 12.0. The number of methoxy groups -OCH3 is 3. The maximum absolute atomic E-state index is 6.52. The summed E-state index contributed by atoms with van der Waals surface area (Å²) in [5, 5.41) is 0. The highest BCUT2D eigenvalue weighted by atomic mass is 16.6. The average Bonchev–Trinajstić information content (AvgIpc) is 2.73. The Bertz CT molecular complexity index is 687. The Labute approximate surface area is 148 Å². The van der Waals surface area contributed by atoms with E-state index in [1.807, 2.05) is 12.1 Å². The van der Waals surface area contributed by atoms with Crippen molar-refractivity contribution in [3.8, 4) is 17.2 Å². The first kappa shape index (κ1) is 16.7. The standard InChI is InChI=1S/C20H26O5/c1-11-6-7-13-18-17(11)25-20(13,2)10-16(24-18)12-8-14(21-3)19(23-5)15(9-12)22-4/h6,8-9,13,16-18H,7,10H2,1-5H3/t13-,16+,17+,18-,20-/m1/s1. The van der Waals surface area contributed by atoms with Gasteiger partial charge >= 0.3 is 0 Å². The molecule has 2 aliphatic heterocycles. The molecule has 2 fully saturated rings. The normalized spacial score (nSPS) is 36.0. The van der Waals surface area contributed by atoms with Crippen molar-refractivity contribution in [1.29, 1.82) is 0 Å². The highest BCUT2D eigenvalue weighted by Crippen LogP contribution is 2.55. The summed E-state index contributed by atoms with van der Waals surface area (Å²) in [4.78, 5) is 0. The van der Waals surface area contributed by atoms with Gasteiger partial charge in [-0.15, -0.1) is 0 Å². The molecular weight excluding hydrogens is 320 g/mol. The van der Waals surface area contributed by atoms with E-state index < -0.39 is 0 Å². The van der Waals surface area contributed by atoms with Crippen LogP contribution in [0.3, 0.4) is 0 Å². The second-order valence-electron chi connectivity index (χ2n) is 7.39. The van der Waals surface area contributed by atoms with Gasteiger partial charge < -0.3 is 23.7 Å². The summed E-state index contributed by atoms with van der Waals surface area (Å²) in [5.41, 5.74) is 2.17. The number of ether oxygens (including phenoxy) is 5. The topological polar surface area (TPSA) is 46.2 Å². The highest BCUT2D eigenvalue weighted by Gasteiger charge is 2.59. The van der Waals surface area contributed by atoms with Crippen molar-refractivity contribution in [1.82, 2.24) is 0 Å². The van der Waals surface area contributed by atoms with Crippen molar-refractivity contribution < 1.29 is 23.7 Å². The predicted molar refractivity (Wildman–Crippen MR) is 93.5 cm³/mol. The lowest BCUT2D eigenvalue weighted by Gasteiger charge is -2.41. The molecule has 0 saturated carbocycles. The van der Waals surface area contributed by atoms with Crippen LogP contribution in [0.4, 0.5) is 0 Å². The van der Waals surface area contributed by atoms with Crippen LogP contribution in [0.1, 0.15) is 38.4 Å². The molecule has 0 amide bonds. The van der Waals surface area contributed by atoms with E-state index in [1.54, 1.807) is 21.3 Å². The van der Waals surface area contributed by atoms with Crippen LogP contribution in [0.2, 0.25) is 0 Å². The third-order valence-electron chi connectivity index (χ3n) is 5.99.